The third-order valence-corrected chi connectivity index (χ3v) is 8.60. The number of carbonyl (C=O) groups excluding carboxylic acids is 2. The fourth-order valence-electron chi connectivity index (χ4n) is 4.29. The Morgan fingerprint density at radius 2 is 1.85 bits per heavy atom. The van der Waals surface area contributed by atoms with Gasteiger partial charge in [0.25, 0.3) is 11.8 Å². The van der Waals surface area contributed by atoms with E-state index in [4.69, 9.17) is 5.11 Å². The summed E-state index contributed by atoms with van der Waals surface area (Å²) < 4.78 is 2.05. The van der Waals surface area contributed by atoms with Crippen LogP contribution in [-0.2, 0) is 25.7 Å². The van der Waals surface area contributed by atoms with Crippen molar-refractivity contribution in [1.82, 2.24) is 29.6 Å². The van der Waals surface area contributed by atoms with Crippen LogP contribution in [0.2, 0.25) is 0 Å². The number of benzene rings is 1. The van der Waals surface area contributed by atoms with Crippen molar-refractivity contribution in [3.05, 3.63) is 69.8 Å². The molecule has 1 saturated heterocycles. The second-order valence-electron chi connectivity index (χ2n) is 8.85. The number of aliphatic hydroxyl groups excluding tert-OH is 1. The minimum atomic E-state index is -1.47. The molecule has 1 fully saturated rings. The highest BCUT2D eigenvalue weighted by Crippen LogP contribution is 2.41. The van der Waals surface area contributed by atoms with Gasteiger partial charge < -0.3 is 20.6 Å². The number of aryl methyl sites for hydroxylation is 1. The Hall–Kier alpha value is -4.15. The second-order valence-corrected chi connectivity index (χ2v) is 10.9. The largest absolute Gasteiger partial charge is 0.481 e. The van der Waals surface area contributed by atoms with Gasteiger partial charge in [-0.15, -0.1) is 28.6 Å². The Bertz CT molecular complexity index is 1600. The Labute approximate surface area is 233 Å². The first kappa shape index (κ1) is 27.4. The summed E-state index contributed by atoms with van der Waals surface area (Å²) in [6.45, 7) is -0.107. The number of hydrogen-bond donors (Lipinski definition) is 4. The Balaban J connectivity index is 1.28. The number of rotatable bonds is 10. The standard InChI is InChI=1S/C24H22N6O8S2/c31-16(32)8-9-28-24(38)30-14(26-28)6-7-15(27-30)39-10-13-11-40-22-17(21(35)29(22)18(13)23(36)37)25-20(34)19(33)12-4-2-1-3-5-12/h1-7,17,19,22,33H,8-11H2,(H,25,34)(H,31,32)(H,36,37)/t17?,19?,22-/m0/s1. The number of fused-ring (bicyclic) bond motifs is 2. The third kappa shape index (κ3) is 5.20. The molecule has 4 heterocycles. The van der Waals surface area contributed by atoms with Gasteiger partial charge in [-0.3, -0.25) is 19.3 Å². The van der Waals surface area contributed by atoms with Gasteiger partial charge in [-0.25, -0.2) is 14.3 Å². The van der Waals surface area contributed by atoms with Crippen molar-refractivity contribution in [3.63, 3.8) is 0 Å². The van der Waals surface area contributed by atoms with Crippen LogP contribution in [0.4, 0.5) is 0 Å². The number of nitrogens with zero attached hydrogens (tertiary/aromatic N) is 5. The van der Waals surface area contributed by atoms with Gasteiger partial charge in [0.15, 0.2) is 11.8 Å². The van der Waals surface area contributed by atoms with E-state index >= 15 is 0 Å². The number of carbonyl (C=O) groups is 4. The molecule has 5 rings (SSSR count). The lowest BCUT2D eigenvalue weighted by molar-refractivity contribution is -0.151. The molecule has 0 radical (unpaired) electrons. The van der Waals surface area contributed by atoms with Gasteiger partial charge in [0.2, 0.25) is 0 Å². The molecule has 2 aromatic heterocycles. The molecule has 2 aliphatic heterocycles. The van der Waals surface area contributed by atoms with Crippen molar-refractivity contribution in [1.29, 1.82) is 0 Å². The van der Waals surface area contributed by atoms with Crippen molar-refractivity contribution < 1.29 is 34.5 Å². The Kier molecular flexibility index (Phi) is 7.64. The summed E-state index contributed by atoms with van der Waals surface area (Å²) in [4.78, 5) is 62.1. The Morgan fingerprint density at radius 3 is 2.55 bits per heavy atom. The van der Waals surface area contributed by atoms with E-state index in [1.165, 1.54) is 11.8 Å². The number of carboxylic acids is 2. The number of carboxylic acid groups (broad SMARTS) is 2. The number of aromatic nitrogens is 4. The molecule has 2 unspecified atom stereocenters. The van der Waals surface area contributed by atoms with Crippen molar-refractivity contribution >= 4 is 52.9 Å². The molecule has 40 heavy (non-hydrogen) atoms. The van der Waals surface area contributed by atoms with Crippen molar-refractivity contribution in [2.24, 2.45) is 0 Å². The fraction of sp³-hybridized carbons (Fsp3) is 0.292. The van der Waals surface area contributed by atoms with Crippen LogP contribution in [0.25, 0.3) is 5.65 Å². The van der Waals surface area contributed by atoms with Crippen LogP contribution in [0, 0.1) is 0 Å². The number of nitrogens with one attached hydrogen (secondary N) is 1. The first-order chi connectivity index (χ1) is 19.2. The van der Waals surface area contributed by atoms with Gasteiger partial charge in [-0.1, -0.05) is 30.3 Å². The first-order valence-electron chi connectivity index (χ1n) is 11.9. The van der Waals surface area contributed by atoms with Crippen LogP contribution < -0.4 is 11.0 Å². The molecule has 4 N–H and O–H groups in total. The van der Waals surface area contributed by atoms with E-state index < -0.39 is 47.0 Å². The van der Waals surface area contributed by atoms with E-state index in [2.05, 4.69) is 15.5 Å². The first-order valence-corrected chi connectivity index (χ1v) is 13.9. The van der Waals surface area contributed by atoms with Gasteiger partial charge in [0, 0.05) is 11.5 Å². The minimum Gasteiger partial charge on any atom is -0.481 e. The van der Waals surface area contributed by atoms with Gasteiger partial charge in [0.1, 0.15) is 22.1 Å². The topological polar surface area (TPSA) is 196 Å². The summed E-state index contributed by atoms with van der Waals surface area (Å²) in [6, 6.07) is 10.4. The quantitative estimate of drug-likeness (QED) is 0.183. The van der Waals surface area contributed by atoms with E-state index in [9.17, 15) is 34.2 Å². The summed E-state index contributed by atoms with van der Waals surface area (Å²) in [5, 5.41) is 39.7. The van der Waals surface area contributed by atoms with Crippen LogP contribution in [-0.4, -0.2) is 86.3 Å². The van der Waals surface area contributed by atoms with Gasteiger partial charge in [-0.05, 0) is 23.3 Å². The molecule has 14 nitrogen and oxygen atoms in total. The van der Waals surface area contributed by atoms with Gasteiger partial charge in [0.05, 0.1) is 13.0 Å². The molecule has 208 valence electrons. The van der Waals surface area contributed by atoms with Gasteiger partial charge >= 0.3 is 17.6 Å². The van der Waals surface area contributed by atoms with Crippen molar-refractivity contribution in [2.45, 2.75) is 35.5 Å². The van der Waals surface area contributed by atoms with Crippen molar-refractivity contribution in [2.75, 3.05) is 11.5 Å². The number of aliphatic carboxylic acids is 2. The molecule has 0 spiro atoms. The zero-order chi connectivity index (χ0) is 28.6. The van der Waals surface area contributed by atoms with Gasteiger partial charge in [-0.2, -0.15) is 9.61 Å². The number of thioether (sulfide) groups is 2. The second kappa shape index (κ2) is 11.1. The van der Waals surface area contributed by atoms with Crippen LogP contribution in [0.5, 0.6) is 0 Å². The Morgan fingerprint density at radius 1 is 1.10 bits per heavy atom. The van der Waals surface area contributed by atoms with Crippen LogP contribution >= 0.6 is 23.5 Å². The fourth-order valence-corrected chi connectivity index (χ4v) is 6.63. The smallest absolute Gasteiger partial charge is 0.367 e. The van der Waals surface area contributed by atoms with Crippen molar-refractivity contribution in [3.8, 4) is 0 Å². The van der Waals surface area contributed by atoms with Crippen LogP contribution in [0.15, 0.2) is 63.6 Å². The molecule has 16 heteroatoms. The molecule has 2 amide bonds. The van der Waals surface area contributed by atoms with E-state index in [1.807, 2.05) is 0 Å². The normalized spacial score (nSPS) is 19.2. The average Bonchev–Trinajstić information content (AvgIpc) is 3.27. The number of β-lactam (4-membered cyclic amide) rings is 1. The maximum absolute atomic E-state index is 12.9. The predicted octanol–water partition coefficient (Wildman–Crippen LogP) is -0.0700. The number of amides is 2. The number of aliphatic hydroxyl groups is 1. The summed E-state index contributed by atoms with van der Waals surface area (Å²) >= 11 is 2.46. The summed E-state index contributed by atoms with van der Waals surface area (Å²) in [5.41, 5.74) is 0.296. The minimum absolute atomic E-state index is 0.107. The molecule has 3 aromatic rings. The summed E-state index contributed by atoms with van der Waals surface area (Å²) in [6.07, 6.45) is -1.75. The lowest BCUT2D eigenvalue weighted by Gasteiger charge is -2.49. The zero-order valence-corrected chi connectivity index (χ0v) is 22.2. The van der Waals surface area contributed by atoms with E-state index in [0.717, 1.165) is 25.9 Å². The predicted molar refractivity (Wildman–Crippen MR) is 141 cm³/mol. The van der Waals surface area contributed by atoms with E-state index in [0.29, 0.717) is 16.2 Å². The molecule has 0 aliphatic carbocycles. The lowest BCUT2D eigenvalue weighted by atomic mass is 10.0. The lowest BCUT2D eigenvalue weighted by Crippen LogP contribution is -2.70. The number of hydrogen-bond acceptors (Lipinski definition) is 10. The molecule has 3 atom stereocenters. The molecule has 1 aromatic carbocycles. The molecular weight excluding hydrogens is 564 g/mol. The SMILES string of the molecule is O=C(O)CCn1nc2ccc(SCC3=C(C(=O)O)N4C(=O)C(NC(=O)C(O)c5ccccc5)[C@@H]4SC3)nn2c1=O. The molecular formula is C24H22N6O8S2. The molecule has 0 bridgehead atoms. The highest BCUT2D eigenvalue weighted by molar-refractivity contribution is 8.01. The molecule has 0 saturated carbocycles. The monoisotopic (exact) mass is 586 g/mol. The third-order valence-electron chi connectivity index (χ3n) is 6.26. The van der Waals surface area contributed by atoms with E-state index in [1.54, 1.807) is 42.5 Å². The maximum Gasteiger partial charge on any atom is 0.367 e. The molecule has 2 aliphatic rings. The summed E-state index contributed by atoms with van der Waals surface area (Å²) in [7, 11) is 0. The van der Waals surface area contributed by atoms with E-state index in [-0.39, 0.29) is 35.8 Å². The maximum atomic E-state index is 12.9. The summed E-state index contributed by atoms with van der Waals surface area (Å²) in [5.74, 6) is -3.27. The van der Waals surface area contributed by atoms with Crippen LogP contribution in [0.1, 0.15) is 18.1 Å². The highest BCUT2D eigenvalue weighted by Gasteiger charge is 2.54. The zero-order valence-electron chi connectivity index (χ0n) is 20.5. The highest BCUT2D eigenvalue weighted by atomic mass is 32.2. The van der Waals surface area contributed by atoms with Crippen LogP contribution in [0.3, 0.4) is 0 Å². The average molecular weight is 587 g/mol.